The van der Waals surface area contributed by atoms with Gasteiger partial charge in [0.2, 0.25) is 5.82 Å². The number of halogens is 3. The summed E-state index contributed by atoms with van der Waals surface area (Å²) < 4.78 is 42.6. The highest BCUT2D eigenvalue weighted by molar-refractivity contribution is 5.26. The molecule has 114 valence electrons. The molecule has 1 N–H and O–H groups in total. The van der Waals surface area contributed by atoms with Crippen molar-refractivity contribution in [2.75, 3.05) is 6.61 Å². The predicted molar refractivity (Wildman–Crippen MR) is 69.3 cm³/mol. The molecule has 0 saturated heterocycles. The Balaban J connectivity index is 2.08. The van der Waals surface area contributed by atoms with Gasteiger partial charge in [-0.2, -0.15) is 13.2 Å². The summed E-state index contributed by atoms with van der Waals surface area (Å²) in [5.74, 6) is -0.301. The van der Waals surface area contributed by atoms with E-state index in [2.05, 4.69) is 9.97 Å². The molecule has 0 fully saturated rings. The van der Waals surface area contributed by atoms with E-state index in [0.29, 0.717) is 12.2 Å². The quantitative estimate of drug-likeness (QED) is 0.928. The number of aromatic nitrogens is 2. The first-order valence-electron chi connectivity index (χ1n) is 6.47. The van der Waals surface area contributed by atoms with Gasteiger partial charge in [-0.1, -0.05) is 18.6 Å². The number of allylic oxidation sites excluding steroid dienone is 3. The van der Waals surface area contributed by atoms with Crippen LogP contribution in [-0.2, 0) is 6.18 Å². The largest absolute Gasteiger partial charge is 0.458 e. The first kappa shape index (κ1) is 15.5. The van der Waals surface area contributed by atoms with Gasteiger partial charge in [0.25, 0.3) is 0 Å². The minimum atomic E-state index is -4.56. The van der Waals surface area contributed by atoms with Gasteiger partial charge in [-0.3, -0.25) is 0 Å². The molecule has 1 unspecified atom stereocenters. The number of hydrogen-bond donors (Lipinski definition) is 1. The van der Waals surface area contributed by atoms with Crippen molar-refractivity contribution in [3.05, 3.63) is 41.7 Å². The highest BCUT2D eigenvalue weighted by atomic mass is 19.4. The lowest BCUT2D eigenvalue weighted by Gasteiger charge is -2.21. The summed E-state index contributed by atoms with van der Waals surface area (Å²) in [5.41, 5.74) is 1.11. The van der Waals surface area contributed by atoms with Crippen LogP contribution >= 0.6 is 0 Å². The molecule has 1 aliphatic carbocycles. The third-order valence-electron chi connectivity index (χ3n) is 3.09. The van der Waals surface area contributed by atoms with E-state index in [9.17, 15) is 13.2 Å². The minimum Gasteiger partial charge on any atom is -0.458 e. The molecule has 0 saturated carbocycles. The van der Waals surface area contributed by atoms with Gasteiger partial charge in [0.15, 0.2) is 5.75 Å². The topological polar surface area (TPSA) is 55.2 Å². The van der Waals surface area contributed by atoms with Gasteiger partial charge < -0.3 is 9.84 Å². The number of ether oxygens (including phenoxy) is 1. The molecule has 2 rings (SSSR count). The Bertz CT molecular complexity index is 550. The van der Waals surface area contributed by atoms with E-state index in [1.165, 1.54) is 0 Å². The third-order valence-corrected chi connectivity index (χ3v) is 3.09. The Morgan fingerprint density at radius 1 is 1.29 bits per heavy atom. The van der Waals surface area contributed by atoms with Gasteiger partial charge in [-0.05, 0) is 18.9 Å². The fourth-order valence-corrected chi connectivity index (χ4v) is 2.04. The number of rotatable bonds is 4. The number of aliphatic hydroxyl groups excluding tert-OH is 1. The van der Waals surface area contributed by atoms with Crippen molar-refractivity contribution in [3.8, 4) is 5.75 Å². The number of aliphatic hydroxyl groups is 1. The zero-order valence-electron chi connectivity index (χ0n) is 11.4. The molecule has 1 atom stereocenters. The van der Waals surface area contributed by atoms with Crippen molar-refractivity contribution in [2.45, 2.75) is 25.9 Å². The molecule has 0 aliphatic heterocycles. The van der Waals surface area contributed by atoms with Crippen LogP contribution in [0.3, 0.4) is 0 Å². The Morgan fingerprint density at radius 2 is 1.95 bits per heavy atom. The van der Waals surface area contributed by atoms with Crippen molar-refractivity contribution >= 4 is 0 Å². The lowest BCUT2D eigenvalue weighted by Crippen LogP contribution is -2.13. The smallest absolute Gasteiger partial charge is 0.451 e. The molecule has 1 aliphatic rings. The zero-order valence-corrected chi connectivity index (χ0v) is 11.4. The van der Waals surface area contributed by atoms with E-state index in [-0.39, 0.29) is 18.3 Å². The van der Waals surface area contributed by atoms with Gasteiger partial charge in [0, 0.05) is 12.5 Å². The molecule has 21 heavy (non-hydrogen) atoms. The van der Waals surface area contributed by atoms with Crippen LogP contribution in [0.1, 0.15) is 25.6 Å². The summed E-state index contributed by atoms with van der Waals surface area (Å²) in [6.07, 6.45) is 2.43. The van der Waals surface area contributed by atoms with Gasteiger partial charge in [0.1, 0.15) is 5.76 Å². The fraction of sp³-hybridized carbons (Fsp3) is 0.429. The van der Waals surface area contributed by atoms with E-state index in [1.807, 2.05) is 13.0 Å². The monoisotopic (exact) mass is 300 g/mol. The second-order valence-corrected chi connectivity index (χ2v) is 4.81. The first-order chi connectivity index (χ1) is 9.90. The second kappa shape index (κ2) is 6.26. The van der Waals surface area contributed by atoms with Crippen molar-refractivity contribution in [2.24, 2.45) is 5.92 Å². The zero-order chi connectivity index (χ0) is 15.5. The Morgan fingerprint density at radius 3 is 2.48 bits per heavy atom. The molecule has 0 amide bonds. The fourth-order valence-electron chi connectivity index (χ4n) is 2.04. The Kier molecular flexibility index (Phi) is 4.62. The maximum Gasteiger partial charge on any atom is 0.451 e. The van der Waals surface area contributed by atoms with E-state index >= 15 is 0 Å². The van der Waals surface area contributed by atoms with Crippen LogP contribution < -0.4 is 4.74 Å². The highest BCUT2D eigenvalue weighted by Crippen LogP contribution is 2.30. The standard InChI is InChI=1S/C14H15F3N2O2/c1-9-6-10(4-5-20)2-3-12(9)21-11-7-18-13(19-8-11)14(15,16)17/h2-3,7-9,20H,4-6H2,1H3. The van der Waals surface area contributed by atoms with Crippen LogP contribution in [0.5, 0.6) is 5.75 Å². The van der Waals surface area contributed by atoms with E-state index < -0.39 is 12.0 Å². The van der Waals surface area contributed by atoms with Gasteiger partial charge in [-0.25, -0.2) is 9.97 Å². The number of alkyl halides is 3. The molecule has 7 heteroatoms. The van der Waals surface area contributed by atoms with E-state index in [1.54, 1.807) is 6.08 Å². The SMILES string of the molecule is CC1CC(CCO)=CC=C1Oc1cnc(C(F)(F)F)nc1. The molecule has 1 aromatic rings. The summed E-state index contributed by atoms with van der Waals surface area (Å²) in [5, 5.41) is 8.90. The molecule has 1 heterocycles. The minimum absolute atomic E-state index is 0.0823. The van der Waals surface area contributed by atoms with Gasteiger partial charge in [0.05, 0.1) is 12.4 Å². The Labute approximate surface area is 120 Å². The molecular formula is C14H15F3N2O2. The average Bonchev–Trinajstić information content (AvgIpc) is 2.42. The van der Waals surface area contributed by atoms with Crippen molar-refractivity contribution < 1.29 is 23.0 Å². The van der Waals surface area contributed by atoms with E-state index in [4.69, 9.17) is 9.84 Å². The third kappa shape index (κ3) is 4.04. The highest BCUT2D eigenvalue weighted by Gasteiger charge is 2.34. The average molecular weight is 300 g/mol. The normalized spacial score (nSPS) is 19.0. The van der Waals surface area contributed by atoms with Gasteiger partial charge >= 0.3 is 6.18 Å². The van der Waals surface area contributed by atoms with Crippen molar-refractivity contribution in [1.29, 1.82) is 0 Å². The van der Waals surface area contributed by atoms with Crippen LogP contribution in [0.4, 0.5) is 13.2 Å². The summed E-state index contributed by atoms with van der Waals surface area (Å²) in [7, 11) is 0. The number of hydrogen-bond acceptors (Lipinski definition) is 4. The van der Waals surface area contributed by atoms with E-state index in [0.717, 1.165) is 24.4 Å². The number of nitrogens with zero attached hydrogens (tertiary/aromatic N) is 2. The van der Waals surface area contributed by atoms with Crippen molar-refractivity contribution in [1.82, 2.24) is 9.97 Å². The maximum atomic E-state index is 12.4. The molecule has 0 spiro atoms. The lowest BCUT2D eigenvalue weighted by molar-refractivity contribution is -0.145. The molecule has 4 nitrogen and oxygen atoms in total. The molecule has 0 aromatic carbocycles. The van der Waals surface area contributed by atoms with Gasteiger partial charge in [-0.15, -0.1) is 0 Å². The maximum absolute atomic E-state index is 12.4. The summed E-state index contributed by atoms with van der Waals surface area (Å²) in [6.45, 7) is 2.04. The summed E-state index contributed by atoms with van der Waals surface area (Å²) in [6, 6.07) is 0. The van der Waals surface area contributed by atoms with Crippen LogP contribution in [0, 0.1) is 5.92 Å². The van der Waals surface area contributed by atoms with Crippen LogP contribution in [0.2, 0.25) is 0 Å². The molecule has 1 aromatic heterocycles. The summed E-state index contributed by atoms with van der Waals surface area (Å²) >= 11 is 0. The Hall–Kier alpha value is -1.89. The second-order valence-electron chi connectivity index (χ2n) is 4.81. The molecular weight excluding hydrogens is 285 g/mol. The van der Waals surface area contributed by atoms with Crippen molar-refractivity contribution in [3.63, 3.8) is 0 Å². The lowest BCUT2D eigenvalue weighted by atomic mass is 9.92. The predicted octanol–water partition coefficient (Wildman–Crippen LogP) is 3.11. The molecule has 0 radical (unpaired) electrons. The molecule has 0 bridgehead atoms. The summed E-state index contributed by atoms with van der Waals surface area (Å²) in [4.78, 5) is 6.50. The van der Waals surface area contributed by atoms with Crippen LogP contribution in [0.25, 0.3) is 0 Å². The first-order valence-corrected chi connectivity index (χ1v) is 6.47. The van der Waals surface area contributed by atoms with Crippen LogP contribution in [-0.4, -0.2) is 21.7 Å². The van der Waals surface area contributed by atoms with Crippen LogP contribution in [0.15, 0.2) is 35.9 Å².